The van der Waals surface area contributed by atoms with Gasteiger partial charge >= 0.3 is 6.03 Å². The lowest BCUT2D eigenvalue weighted by Crippen LogP contribution is -2.48. The topological polar surface area (TPSA) is 79.2 Å². The number of amides is 2. The second-order valence-corrected chi connectivity index (χ2v) is 6.75. The van der Waals surface area contributed by atoms with Gasteiger partial charge in [-0.15, -0.1) is 0 Å². The van der Waals surface area contributed by atoms with Crippen LogP contribution in [0.1, 0.15) is 42.6 Å². The van der Waals surface area contributed by atoms with E-state index >= 15 is 0 Å². The van der Waals surface area contributed by atoms with Gasteiger partial charge in [-0.25, -0.2) is 9.48 Å². The van der Waals surface area contributed by atoms with Gasteiger partial charge in [0.15, 0.2) is 0 Å². The van der Waals surface area contributed by atoms with Gasteiger partial charge in [-0.3, -0.25) is 0 Å². The van der Waals surface area contributed by atoms with Crippen molar-refractivity contribution in [1.82, 2.24) is 20.4 Å². The quantitative estimate of drug-likeness (QED) is 0.799. The molecule has 25 heavy (non-hydrogen) atoms. The second kappa shape index (κ2) is 7.70. The van der Waals surface area contributed by atoms with Crippen LogP contribution in [-0.4, -0.2) is 33.1 Å². The molecule has 2 atom stereocenters. The van der Waals surface area contributed by atoms with E-state index in [1.54, 1.807) is 0 Å². The number of benzene rings is 1. The van der Waals surface area contributed by atoms with E-state index < -0.39 is 6.10 Å². The molecule has 1 aliphatic rings. The van der Waals surface area contributed by atoms with Gasteiger partial charge in [0.2, 0.25) is 0 Å². The first kappa shape index (κ1) is 17.5. The number of aromatic nitrogens is 2. The molecule has 3 N–H and O–H groups in total. The SMILES string of the molecule is Cc1cc(C)n(-c2ccccc2CNC(=O)NC2CCCCC2O)n1. The zero-order valence-electron chi connectivity index (χ0n) is 14.8. The highest BCUT2D eigenvalue weighted by atomic mass is 16.3. The van der Waals surface area contributed by atoms with Crippen molar-refractivity contribution in [3.63, 3.8) is 0 Å². The van der Waals surface area contributed by atoms with Crippen molar-refractivity contribution >= 4 is 6.03 Å². The number of carbonyl (C=O) groups excluding carboxylic acids is 1. The van der Waals surface area contributed by atoms with Gasteiger partial charge in [0.05, 0.1) is 23.5 Å². The molecule has 3 rings (SSSR count). The van der Waals surface area contributed by atoms with E-state index in [2.05, 4.69) is 15.7 Å². The van der Waals surface area contributed by atoms with Crippen molar-refractivity contribution in [2.45, 2.75) is 58.2 Å². The molecule has 1 saturated carbocycles. The average molecular weight is 342 g/mol. The van der Waals surface area contributed by atoms with E-state index in [1.807, 2.05) is 48.9 Å². The largest absolute Gasteiger partial charge is 0.391 e. The van der Waals surface area contributed by atoms with Crippen molar-refractivity contribution < 1.29 is 9.90 Å². The highest BCUT2D eigenvalue weighted by Crippen LogP contribution is 2.19. The Kier molecular flexibility index (Phi) is 5.38. The smallest absolute Gasteiger partial charge is 0.315 e. The summed E-state index contributed by atoms with van der Waals surface area (Å²) in [7, 11) is 0. The number of aryl methyl sites for hydroxylation is 2. The van der Waals surface area contributed by atoms with Gasteiger partial charge in [0.1, 0.15) is 0 Å². The molecule has 1 aromatic heterocycles. The van der Waals surface area contributed by atoms with Crippen LogP contribution >= 0.6 is 0 Å². The van der Waals surface area contributed by atoms with Crippen LogP contribution in [0.25, 0.3) is 5.69 Å². The van der Waals surface area contributed by atoms with Gasteiger partial charge < -0.3 is 15.7 Å². The summed E-state index contributed by atoms with van der Waals surface area (Å²) in [5, 5.41) is 20.3. The minimum atomic E-state index is -0.443. The van der Waals surface area contributed by atoms with Crippen LogP contribution in [0.4, 0.5) is 4.79 Å². The minimum absolute atomic E-state index is 0.153. The maximum atomic E-state index is 12.2. The Hall–Kier alpha value is -2.34. The lowest BCUT2D eigenvalue weighted by atomic mass is 9.93. The molecule has 1 aromatic carbocycles. The molecule has 134 valence electrons. The highest BCUT2D eigenvalue weighted by molar-refractivity contribution is 5.74. The number of carbonyl (C=O) groups is 1. The predicted octanol–water partition coefficient (Wildman–Crippen LogP) is 2.59. The summed E-state index contributed by atoms with van der Waals surface area (Å²) in [5.74, 6) is 0. The normalized spacial score (nSPS) is 20.3. The fourth-order valence-electron chi connectivity index (χ4n) is 3.41. The molecule has 1 aliphatic carbocycles. The fraction of sp³-hybridized carbons (Fsp3) is 0.474. The molecule has 1 fully saturated rings. The molecular formula is C19H26N4O2. The third-order valence-corrected chi connectivity index (χ3v) is 4.71. The molecule has 2 amide bonds. The van der Waals surface area contributed by atoms with Gasteiger partial charge in [-0.2, -0.15) is 5.10 Å². The first-order valence-electron chi connectivity index (χ1n) is 8.88. The van der Waals surface area contributed by atoms with E-state index in [-0.39, 0.29) is 12.1 Å². The summed E-state index contributed by atoms with van der Waals surface area (Å²) in [6, 6.07) is 9.54. The summed E-state index contributed by atoms with van der Waals surface area (Å²) in [6.45, 7) is 4.39. The lowest BCUT2D eigenvalue weighted by Gasteiger charge is -2.28. The summed E-state index contributed by atoms with van der Waals surface area (Å²) in [4.78, 5) is 12.2. The zero-order chi connectivity index (χ0) is 17.8. The van der Waals surface area contributed by atoms with Crippen LogP contribution in [0.3, 0.4) is 0 Å². The average Bonchev–Trinajstić information content (AvgIpc) is 2.93. The number of rotatable bonds is 4. The number of urea groups is 1. The maximum absolute atomic E-state index is 12.2. The van der Waals surface area contributed by atoms with Crippen LogP contribution in [0.15, 0.2) is 30.3 Å². The highest BCUT2D eigenvalue weighted by Gasteiger charge is 2.24. The van der Waals surface area contributed by atoms with E-state index in [9.17, 15) is 9.90 Å². The number of aliphatic hydroxyl groups excluding tert-OH is 1. The van der Waals surface area contributed by atoms with E-state index in [1.165, 1.54) is 0 Å². The van der Waals surface area contributed by atoms with Crippen LogP contribution < -0.4 is 10.6 Å². The standard InChI is InChI=1S/C19H26N4O2/c1-13-11-14(2)23(22-13)17-9-5-3-7-15(17)12-20-19(25)21-16-8-4-6-10-18(16)24/h3,5,7,9,11,16,18,24H,4,6,8,10,12H2,1-2H3,(H2,20,21,25). The minimum Gasteiger partial charge on any atom is -0.391 e. The third-order valence-electron chi connectivity index (χ3n) is 4.71. The Morgan fingerprint density at radius 2 is 2.04 bits per heavy atom. The number of nitrogens with one attached hydrogen (secondary N) is 2. The Bertz CT molecular complexity index is 741. The molecule has 2 unspecified atom stereocenters. The summed E-state index contributed by atoms with van der Waals surface area (Å²) >= 11 is 0. The number of para-hydroxylation sites is 1. The maximum Gasteiger partial charge on any atom is 0.315 e. The van der Waals surface area contributed by atoms with Crippen molar-refractivity contribution in [3.05, 3.63) is 47.3 Å². The summed E-state index contributed by atoms with van der Waals surface area (Å²) < 4.78 is 1.90. The fourth-order valence-corrected chi connectivity index (χ4v) is 3.41. The number of aliphatic hydroxyl groups is 1. The van der Waals surface area contributed by atoms with E-state index in [0.717, 1.165) is 48.3 Å². The summed E-state index contributed by atoms with van der Waals surface area (Å²) in [5.41, 5.74) is 3.98. The van der Waals surface area contributed by atoms with Gasteiger partial charge in [-0.1, -0.05) is 31.0 Å². The van der Waals surface area contributed by atoms with Crippen molar-refractivity contribution in [1.29, 1.82) is 0 Å². The first-order chi connectivity index (χ1) is 12.0. The van der Waals surface area contributed by atoms with Crippen molar-refractivity contribution in [2.24, 2.45) is 0 Å². The Balaban J connectivity index is 1.65. The van der Waals surface area contributed by atoms with Gasteiger partial charge in [-0.05, 0) is 44.4 Å². The summed E-state index contributed by atoms with van der Waals surface area (Å²) in [6.07, 6.45) is 3.21. The van der Waals surface area contributed by atoms with Gasteiger partial charge in [0, 0.05) is 12.2 Å². The second-order valence-electron chi connectivity index (χ2n) is 6.75. The molecule has 6 heteroatoms. The predicted molar refractivity (Wildman–Crippen MR) is 96.7 cm³/mol. The van der Waals surface area contributed by atoms with Crippen LogP contribution in [-0.2, 0) is 6.54 Å². The van der Waals surface area contributed by atoms with Crippen molar-refractivity contribution in [2.75, 3.05) is 0 Å². The first-order valence-corrected chi connectivity index (χ1v) is 8.88. The number of hydrogen-bond acceptors (Lipinski definition) is 3. The molecule has 0 radical (unpaired) electrons. The molecule has 0 saturated heterocycles. The molecular weight excluding hydrogens is 316 g/mol. The molecule has 0 spiro atoms. The monoisotopic (exact) mass is 342 g/mol. The van der Waals surface area contributed by atoms with E-state index in [4.69, 9.17) is 0 Å². The molecule has 6 nitrogen and oxygen atoms in total. The van der Waals surface area contributed by atoms with E-state index in [0.29, 0.717) is 6.54 Å². The Morgan fingerprint density at radius 3 is 2.76 bits per heavy atom. The molecule has 2 aromatic rings. The molecule has 1 heterocycles. The van der Waals surface area contributed by atoms with Crippen LogP contribution in [0.5, 0.6) is 0 Å². The zero-order valence-corrected chi connectivity index (χ0v) is 14.8. The lowest BCUT2D eigenvalue weighted by molar-refractivity contribution is 0.0943. The van der Waals surface area contributed by atoms with Crippen LogP contribution in [0.2, 0.25) is 0 Å². The van der Waals surface area contributed by atoms with Crippen LogP contribution in [0, 0.1) is 13.8 Å². The third kappa shape index (κ3) is 4.20. The van der Waals surface area contributed by atoms with Gasteiger partial charge in [0.25, 0.3) is 0 Å². The number of hydrogen-bond donors (Lipinski definition) is 3. The molecule has 0 aliphatic heterocycles. The Labute approximate surface area is 148 Å². The molecule has 0 bridgehead atoms. The van der Waals surface area contributed by atoms with Crippen molar-refractivity contribution in [3.8, 4) is 5.69 Å². The Morgan fingerprint density at radius 1 is 1.28 bits per heavy atom. The number of nitrogens with zero attached hydrogens (tertiary/aromatic N) is 2.